The van der Waals surface area contributed by atoms with E-state index in [0.29, 0.717) is 18.9 Å². The van der Waals surface area contributed by atoms with Gasteiger partial charge in [-0.1, -0.05) is 37.3 Å². The van der Waals surface area contributed by atoms with E-state index in [0.717, 1.165) is 18.4 Å². The van der Waals surface area contributed by atoms with Crippen LogP contribution in [0.4, 0.5) is 0 Å². The second-order valence-corrected chi connectivity index (χ2v) is 5.00. The van der Waals surface area contributed by atoms with E-state index in [4.69, 9.17) is 10.8 Å². The van der Waals surface area contributed by atoms with Crippen molar-refractivity contribution in [2.24, 2.45) is 11.7 Å². The molecule has 0 bridgehead atoms. The summed E-state index contributed by atoms with van der Waals surface area (Å²) in [6, 6.07) is 9.38. The van der Waals surface area contributed by atoms with E-state index in [1.165, 1.54) is 0 Å². The Hall–Kier alpha value is -1.39. The molecular weight excluding hydrogens is 240 g/mol. The van der Waals surface area contributed by atoms with E-state index in [1.54, 1.807) is 0 Å². The largest absolute Gasteiger partial charge is 0.396 e. The molecular formula is C15H24N2O2. The van der Waals surface area contributed by atoms with Gasteiger partial charge in [0.2, 0.25) is 5.91 Å². The number of benzene rings is 1. The van der Waals surface area contributed by atoms with Crippen LogP contribution >= 0.6 is 0 Å². The van der Waals surface area contributed by atoms with Crippen molar-refractivity contribution in [3.63, 3.8) is 0 Å². The molecule has 19 heavy (non-hydrogen) atoms. The molecule has 0 saturated heterocycles. The zero-order valence-corrected chi connectivity index (χ0v) is 11.5. The zero-order chi connectivity index (χ0) is 14.1. The summed E-state index contributed by atoms with van der Waals surface area (Å²) in [5.41, 5.74) is 6.95. The third-order valence-corrected chi connectivity index (χ3v) is 3.14. The van der Waals surface area contributed by atoms with Gasteiger partial charge in [0.15, 0.2) is 0 Å². The van der Waals surface area contributed by atoms with Crippen molar-refractivity contribution in [2.45, 2.75) is 32.2 Å². The normalized spacial score (nSPS) is 13.8. The average Bonchev–Trinajstić information content (AvgIpc) is 2.44. The molecule has 2 unspecified atom stereocenters. The van der Waals surface area contributed by atoms with Gasteiger partial charge in [-0.05, 0) is 24.3 Å². The van der Waals surface area contributed by atoms with Gasteiger partial charge in [0.25, 0.3) is 0 Å². The van der Waals surface area contributed by atoms with Gasteiger partial charge >= 0.3 is 0 Å². The molecule has 106 valence electrons. The molecule has 0 saturated carbocycles. The van der Waals surface area contributed by atoms with Gasteiger partial charge < -0.3 is 16.2 Å². The average molecular weight is 264 g/mol. The van der Waals surface area contributed by atoms with Crippen LogP contribution in [0.3, 0.4) is 0 Å². The van der Waals surface area contributed by atoms with Crippen molar-refractivity contribution in [3.05, 3.63) is 35.9 Å². The summed E-state index contributed by atoms with van der Waals surface area (Å²) < 4.78 is 0. The van der Waals surface area contributed by atoms with Gasteiger partial charge in [-0.15, -0.1) is 0 Å². The number of carbonyl (C=O) groups is 1. The molecule has 0 aromatic heterocycles. The van der Waals surface area contributed by atoms with Gasteiger partial charge in [-0.2, -0.15) is 0 Å². The topological polar surface area (TPSA) is 75.3 Å². The van der Waals surface area contributed by atoms with E-state index in [2.05, 4.69) is 5.32 Å². The quantitative estimate of drug-likeness (QED) is 0.624. The molecule has 0 spiro atoms. The number of carbonyl (C=O) groups excluding carboxylic acids is 1. The van der Waals surface area contributed by atoms with Gasteiger partial charge in [0.1, 0.15) is 0 Å². The smallest absolute Gasteiger partial charge is 0.221 e. The molecule has 0 fully saturated rings. The predicted molar refractivity (Wildman–Crippen MR) is 76.5 cm³/mol. The summed E-state index contributed by atoms with van der Waals surface area (Å²) in [5.74, 6) is 0.275. The number of amides is 1. The van der Waals surface area contributed by atoms with Crippen molar-refractivity contribution in [3.8, 4) is 0 Å². The van der Waals surface area contributed by atoms with Crippen LogP contribution in [0.15, 0.2) is 30.3 Å². The lowest BCUT2D eigenvalue weighted by Crippen LogP contribution is -2.28. The van der Waals surface area contributed by atoms with Crippen LogP contribution in [0, 0.1) is 5.92 Å². The Morgan fingerprint density at radius 2 is 2.05 bits per heavy atom. The van der Waals surface area contributed by atoms with E-state index in [1.807, 2.05) is 37.3 Å². The van der Waals surface area contributed by atoms with Crippen molar-refractivity contribution < 1.29 is 9.90 Å². The molecule has 0 aliphatic carbocycles. The number of nitrogens with two attached hydrogens (primary N) is 1. The molecule has 4 N–H and O–H groups in total. The summed E-state index contributed by atoms with van der Waals surface area (Å²) >= 11 is 0. The molecule has 1 rings (SSSR count). The first-order valence-electron chi connectivity index (χ1n) is 6.81. The fraction of sp³-hybridized carbons (Fsp3) is 0.533. The lowest BCUT2D eigenvalue weighted by molar-refractivity contribution is -0.121. The molecule has 0 heterocycles. The van der Waals surface area contributed by atoms with E-state index in [9.17, 15) is 4.79 Å². The van der Waals surface area contributed by atoms with Crippen LogP contribution in [0.25, 0.3) is 0 Å². The van der Waals surface area contributed by atoms with Crippen molar-refractivity contribution in [1.29, 1.82) is 0 Å². The lowest BCUT2D eigenvalue weighted by atomic mass is 10.0. The number of hydrogen-bond acceptors (Lipinski definition) is 3. The SMILES string of the molecule is CC(CO)CCCNC(=O)CC(N)c1ccccc1. The summed E-state index contributed by atoms with van der Waals surface area (Å²) in [6.45, 7) is 2.84. The molecule has 1 aromatic rings. The molecule has 0 aliphatic rings. The van der Waals surface area contributed by atoms with Crippen LogP contribution in [-0.2, 0) is 4.79 Å². The van der Waals surface area contributed by atoms with Crippen LogP contribution in [0.5, 0.6) is 0 Å². The molecule has 2 atom stereocenters. The predicted octanol–water partition coefficient (Wildman–Crippen LogP) is 1.60. The number of aliphatic hydroxyl groups excluding tert-OH is 1. The molecule has 0 aliphatic heterocycles. The molecule has 1 amide bonds. The maximum atomic E-state index is 11.7. The second-order valence-electron chi connectivity index (χ2n) is 5.00. The maximum absolute atomic E-state index is 11.7. The highest BCUT2D eigenvalue weighted by atomic mass is 16.3. The van der Waals surface area contributed by atoms with Crippen LogP contribution in [-0.4, -0.2) is 24.2 Å². The van der Waals surface area contributed by atoms with Gasteiger partial charge in [0.05, 0.1) is 0 Å². The Bertz CT molecular complexity index is 368. The molecule has 4 nitrogen and oxygen atoms in total. The van der Waals surface area contributed by atoms with Crippen molar-refractivity contribution in [2.75, 3.05) is 13.2 Å². The number of aliphatic hydroxyl groups is 1. The highest BCUT2D eigenvalue weighted by molar-refractivity contribution is 5.76. The molecule has 1 aromatic carbocycles. The number of rotatable bonds is 8. The first-order chi connectivity index (χ1) is 9.13. The minimum absolute atomic E-state index is 0.0204. The number of nitrogens with one attached hydrogen (secondary N) is 1. The third kappa shape index (κ3) is 6.36. The van der Waals surface area contributed by atoms with Crippen molar-refractivity contribution >= 4 is 5.91 Å². The monoisotopic (exact) mass is 264 g/mol. The summed E-state index contributed by atoms with van der Waals surface area (Å²) in [5, 5.41) is 11.7. The van der Waals surface area contributed by atoms with Crippen LogP contribution < -0.4 is 11.1 Å². The van der Waals surface area contributed by atoms with E-state index in [-0.39, 0.29) is 18.6 Å². The third-order valence-electron chi connectivity index (χ3n) is 3.14. The van der Waals surface area contributed by atoms with E-state index < -0.39 is 0 Å². The Morgan fingerprint density at radius 3 is 2.68 bits per heavy atom. The van der Waals surface area contributed by atoms with Crippen LogP contribution in [0.2, 0.25) is 0 Å². The highest BCUT2D eigenvalue weighted by Crippen LogP contribution is 2.12. The highest BCUT2D eigenvalue weighted by Gasteiger charge is 2.10. The minimum atomic E-state index is -0.252. The molecule has 4 heteroatoms. The first-order valence-corrected chi connectivity index (χ1v) is 6.81. The fourth-order valence-electron chi connectivity index (χ4n) is 1.86. The minimum Gasteiger partial charge on any atom is -0.396 e. The summed E-state index contributed by atoms with van der Waals surface area (Å²) in [6.07, 6.45) is 2.11. The zero-order valence-electron chi connectivity index (χ0n) is 11.5. The fourth-order valence-corrected chi connectivity index (χ4v) is 1.86. The second kappa shape index (κ2) is 8.67. The van der Waals surface area contributed by atoms with E-state index >= 15 is 0 Å². The Balaban J connectivity index is 2.21. The van der Waals surface area contributed by atoms with Crippen molar-refractivity contribution in [1.82, 2.24) is 5.32 Å². The van der Waals surface area contributed by atoms with Gasteiger partial charge in [-0.25, -0.2) is 0 Å². The standard InChI is InChI=1S/C15H24N2O2/c1-12(11-18)6-5-9-17-15(19)10-14(16)13-7-3-2-4-8-13/h2-4,7-8,12,14,18H,5-6,9-11,16H2,1H3,(H,17,19). The first kappa shape index (κ1) is 15.7. The maximum Gasteiger partial charge on any atom is 0.221 e. The van der Waals surface area contributed by atoms with Gasteiger partial charge in [0, 0.05) is 25.6 Å². The van der Waals surface area contributed by atoms with Crippen LogP contribution in [0.1, 0.15) is 37.8 Å². The molecule has 0 radical (unpaired) electrons. The summed E-state index contributed by atoms with van der Waals surface area (Å²) in [4.78, 5) is 11.7. The number of hydrogen-bond donors (Lipinski definition) is 3. The Morgan fingerprint density at radius 1 is 1.37 bits per heavy atom. The Labute approximate surface area is 115 Å². The summed E-state index contributed by atoms with van der Waals surface area (Å²) in [7, 11) is 0. The lowest BCUT2D eigenvalue weighted by Gasteiger charge is -2.12. The van der Waals surface area contributed by atoms with Gasteiger partial charge in [-0.3, -0.25) is 4.79 Å². The Kier molecular flexibility index (Phi) is 7.15.